The minimum Gasteiger partial charge on any atom is -0.507 e. The van der Waals surface area contributed by atoms with Gasteiger partial charge in [0.1, 0.15) is 11.5 Å². The fourth-order valence-corrected chi connectivity index (χ4v) is 2.05. The molecule has 2 aromatic carbocycles. The summed E-state index contributed by atoms with van der Waals surface area (Å²) >= 11 is 5.76. The molecule has 20 heavy (non-hydrogen) atoms. The van der Waals surface area contributed by atoms with Gasteiger partial charge in [-0.2, -0.15) is 0 Å². The van der Waals surface area contributed by atoms with Gasteiger partial charge in [-0.05, 0) is 30.3 Å². The number of carbonyl (C=O) groups is 1. The van der Waals surface area contributed by atoms with Crippen molar-refractivity contribution in [1.29, 1.82) is 0 Å². The number of carbonyl (C=O) groups excluding carboxylic acids is 1. The fraction of sp³-hybridized carbons (Fsp3) is 0.133. The van der Waals surface area contributed by atoms with Crippen molar-refractivity contribution in [2.45, 2.75) is 0 Å². The summed E-state index contributed by atoms with van der Waals surface area (Å²) in [6, 6.07) is 11.6. The van der Waals surface area contributed by atoms with Gasteiger partial charge < -0.3 is 14.7 Å². The normalized spacial score (nSPS) is 10.2. The van der Waals surface area contributed by atoms with Gasteiger partial charge in [-0.3, -0.25) is 4.79 Å². The molecule has 0 spiro atoms. The molecule has 1 amide bonds. The van der Waals surface area contributed by atoms with E-state index in [-0.39, 0.29) is 17.2 Å². The van der Waals surface area contributed by atoms with Gasteiger partial charge >= 0.3 is 0 Å². The average Bonchev–Trinajstić information content (AvgIpc) is 2.45. The molecule has 0 aliphatic carbocycles. The lowest BCUT2D eigenvalue weighted by atomic mass is 10.1. The van der Waals surface area contributed by atoms with Crippen LogP contribution in [0.1, 0.15) is 10.4 Å². The highest BCUT2D eigenvalue weighted by molar-refractivity contribution is 6.31. The summed E-state index contributed by atoms with van der Waals surface area (Å²) < 4.78 is 5.22. The Hall–Kier alpha value is -2.20. The molecule has 1 N–H and O–H groups in total. The van der Waals surface area contributed by atoms with Crippen molar-refractivity contribution < 1.29 is 14.6 Å². The maximum absolute atomic E-state index is 12.4. The zero-order valence-corrected chi connectivity index (χ0v) is 11.9. The van der Waals surface area contributed by atoms with Crippen molar-refractivity contribution in [2.75, 3.05) is 19.1 Å². The molecule has 104 valence electrons. The number of ether oxygens (including phenoxy) is 1. The van der Waals surface area contributed by atoms with Crippen molar-refractivity contribution in [3.8, 4) is 11.5 Å². The van der Waals surface area contributed by atoms with Crippen LogP contribution >= 0.6 is 11.6 Å². The van der Waals surface area contributed by atoms with Crippen LogP contribution in [-0.4, -0.2) is 25.2 Å². The lowest BCUT2D eigenvalue weighted by molar-refractivity contribution is 0.0990. The van der Waals surface area contributed by atoms with Crippen LogP contribution in [0.4, 0.5) is 5.69 Å². The lowest BCUT2D eigenvalue weighted by Gasteiger charge is -2.20. The number of halogens is 1. The molecule has 0 heterocycles. The van der Waals surface area contributed by atoms with E-state index in [4.69, 9.17) is 16.3 Å². The Kier molecular flexibility index (Phi) is 4.15. The molecule has 0 aromatic heterocycles. The first-order chi connectivity index (χ1) is 9.54. The van der Waals surface area contributed by atoms with E-state index in [1.54, 1.807) is 25.2 Å². The Balaban J connectivity index is 2.37. The van der Waals surface area contributed by atoms with Gasteiger partial charge in [-0.1, -0.05) is 23.7 Å². The number of aromatic hydroxyl groups is 1. The van der Waals surface area contributed by atoms with Crippen molar-refractivity contribution in [3.63, 3.8) is 0 Å². The van der Waals surface area contributed by atoms with Gasteiger partial charge in [0.15, 0.2) is 0 Å². The number of phenols is 1. The number of hydrogen-bond donors (Lipinski definition) is 1. The third-order valence-electron chi connectivity index (χ3n) is 2.94. The number of methoxy groups -OCH3 is 1. The molecule has 5 heteroatoms. The summed E-state index contributed by atoms with van der Waals surface area (Å²) in [6.07, 6.45) is 0. The van der Waals surface area contributed by atoms with E-state index < -0.39 is 0 Å². The third-order valence-corrected chi connectivity index (χ3v) is 3.18. The number of hydrogen-bond acceptors (Lipinski definition) is 3. The second kappa shape index (κ2) is 5.84. The van der Waals surface area contributed by atoms with Gasteiger partial charge in [-0.15, -0.1) is 0 Å². The van der Waals surface area contributed by atoms with Crippen molar-refractivity contribution in [2.24, 2.45) is 0 Å². The Bertz CT molecular complexity index is 643. The maximum atomic E-state index is 12.4. The van der Waals surface area contributed by atoms with E-state index in [0.29, 0.717) is 16.5 Å². The first-order valence-electron chi connectivity index (χ1n) is 5.94. The molecule has 0 saturated heterocycles. The Morgan fingerprint density at radius 1 is 1.25 bits per heavy atom. The van der Waals surface area contributed by atoms with Crippen LogP contribution in [0.15, 0.2) is 42.5 Å². The Morgan fingerprint density at radius 3 is 2.60 bits per heavy atom. The number of amides is 1. The molecule has 0 atom stereocenters. The van der Waals surface area contributed by atoms with Gasteiger partial charge in [-0.25, -0.2) is 0 Å². The van der Waals surface area contributed by atoms with Crippen molar-refractivity contribution in [1.82, 2.24) is 0 Å². The average molecular weight is 292 g/mol. The molecule has 0 aliphatic heterocycles. The molecule has 0 aliphatic rings. The van der Waals surface area contributed by atoms with E-state index in [1.165, 1.54) is 24.1 Å². The van der Waals surface area contributed by atoms with Gasteiger partial charge in [0, 0.05) is 12.1 Å². The van der Waals surface area contributed by atoms with Crippen LogP contribution in [0.3, 0.4) is 0 Å². The molecule has 0 saturated carbocycles. The molecule has 0 bridgehead atoms. The Morgan fingerprint density at radius 2 is 1.95 bits per heavy atom. The van der Waals surface area contributed by atoms with Crippen LogP contribution < -0.4 is 9.64 Å². The second-order valence-corrected chi connectivity index (χ2v) is 4.63. The number of para-hydroxylation sites is 2. The highest BCUT2D eigenvalue weighted by atomic mass is 35.5. The monoisotopic (exact) mass is 291 g/mol. The highest BCUT2D eigenvalue weighted by Gasteiger charge is 2.19. The number of nitrogens with zero attached hydrogens (tertiary/aromatic N) is 1. The summed E-state index contributed by atoms with van der Waals surface area (Å²) in [5.74, 6) is 0.0877. The molecular weight excluding hydrogens is 278 g/mol. The highest BCUT2D eigenvalue weighted by Crippen LogP contribution is 2.30. The van der Waals surface area contributed by atoms with Crippen LogP contribution in [0.2, 0.25) is 5.02 Å². The van der Waals surface area contributed by atoms with Crippen LogP contribution in [0.5, 0.6) is 11.5 Å². The molecule has 2 rings (SSSR count). The molecule has 4 nitrogen and oxygen atoms in total. The SMILES string of the molecule is COc1ccccc1N(C)C(=O)c1ccc(Cl)cc1O. The first-order valence-corrected chi connectivity index (χ1v) is 6.32. The number of rotatable bonds is 3. The second-order valence-electron chi connectivity index (χ2n) is 4.20. The van der Waals surface area contributed by atoms with Gasteiger partial charge in [0.05, 0.1) is 18.4 Å². The van der Waals surface area contributed by atoms with Crippen LogP contribution in [0, 0.1) is 0 Å². The minimum atomic E-state index is -0.344. The molecule has 0 unspecified atom stereocenters. The molecule has 2 aromatic rings. The summed E-state index contributed by atoms with van der Waals surface area (Å²) in [7, 11) is 3.16. The predicted octanol–water partition coefficient (Wildman–Crippen LogP) is 3.33. The van der Waals surface area contributed by atoms with Gasteiger partial charge in [0.2, 0.25) is 0 Å². The van der Waals surface area contributed by atoms with E-state index >= 15 is 0 Å². The minimum absolute atomic E-state index is 0.149. The van der Waals surface area contributed by atoms with Crippen molar-refractivity contribution >= 4 is 23.2 Å². The molecular formula is C15H14ClNO3. The number of anilines is 1. The summed E-state index contributed by atoms with van der Waals surface area (Å²) in [5, 5.41) is 10.2. The summed E-state index contributed by atoms with van der Waals surface area (Å²) in [5.41, 5.74) is 0.803. The van der Waals surface area contributed by atoms with Crippen LogP contribution in [-0.2, 0) is 0 Å². The molecule has 0 radical (unpaired) electrons. The van der Waals surface area contributed by atoms with Crippen LogP contribution in [0.25, 0.3) is 0 Å². The maximum Gasteiger partial charge on any atom is 0.261 e. The van der Waals surface area contributed by atoms with E-state index in [1.807, 2.05) is 12.1 Å². The van der Waals surface area contributed by atoms with E-state index in [9.17, 15) is 9.90 Å². The van der Waals surface area contributed by atoms with E-state index in [2.05, 4.69) is 0 Å². The quantitative estimate of drug-likeness (QED) is 0.943. The zero-order valence-electron chi connectivity index (χ0n) is 11.1. The number of phenolic OH excluding ortho intramolecular Hbond substituents is 1. The topological polar surface area (TPSA) is 49.8 Å². The molecule has 0 fully saturated rings. The Labute approximate surface area is 122 Å². The van der Waals surface area contributed by atoms with Gasteiger partial charge in [0.25, 0.3) is 5.91 Å². The fourth-order valence-electron chi connectivity index (χ4n) is 1.88. The zero-order chi connectivity index (χ0) is 14.7. The summed E-state index contributed by atoms with van der Waals surface area (Å²) in [6.45, 7) is 0. The standard InChI is InChI=1S/C15H14ClNO3/c1-17(12-5-3-4-6-14(12)20-2)15(19)11-8-7-10(16)9-13(11)18/h3-9,18H,1-2H3. The lowest BCUT2D eigenvalue weighted by Crippen LogP contribution is -2.26. The van der Waals surface area contributed by atoms with E-state index in [0.717, 1.165) is 0 Å². The third kappa shape index (κ3) is 2.70. The first kappa shape index (κ1) is 14.2. The summed E-state index contributed by atoms with van der Waals surface area (Å²) in [4.78, 5) is 13.8. The smallest absolute Gasteiger partial charge is 0.261 e. The number of benzene rings is 2. The van der Waals surface area contributed by atoms with Crippen molar-refractivity contribution in [3.05, 3.63) is 53.1 Å². The predicted molar refractivity (Wildman–Crippen MR) is 78.8 cm³/mol. The largest absolute Gasteiger partial charge is 0.507 e.